The molecule has 1 saturated heterocycles. The molecule has 12 heteroatoms. The number of quaternary nitrogens is 1. The smallest absolute Gasteiger partial charge is 0.303 e. The van der Waals surface area contributed by atoms with Crippen molar-refractivity contribution in [2.24, 2.45) is 0 Å². The molecular formula is C25H35N2O10+. The molecule has 1 aromatic carbocycles. The van der Waals surface area contributed by atoms with Crippen LogP contribution >= 0.6 is 0 Å². The highest BCUT2D eigenvalue weighted by Gasteiger charge is 2.48. The second-order valence-corrected chi connectivity index (χ2v) is 8.92. The van der Waals surface area contributed by atoms with Gasteiger partial charge in [-0.15, -0.1) is 0 Å². The van der Waals surface area contributed by atoms with Gasteiger partial charge >= 0.3 is 23.9 Å². The minimum atomic E-state index is -1.40. The van der Waals surface area contributed by atoms with Gasteiger partial charge in [-0.2, -0.15) is 0 Å². The van der Waals surface area contributed by atoms with E-state index in [-0.39, 0.29) is 12.5 Å². The first-order chi connectivity index (χ1) is 17.3. The Kier molecular flexibility index (Phi) is 10.6. The van der Waals surface area contributed by atoms with E-state index in [0.29, 0.717) is 5.56 Å². The summed E-state index contributed by atoms with van der Waals surface area (Å²) in [5, 5.41) is 0. The normalized spacial score (nSPS) is 19.5. The van der Waals surface area contributed by atoms with Crippen molar-refractivity contribution >= 4 is 35.5 Å². The molecule has 0 saturated carbocycles. The quantitative estimate of drug-likeness (QED) is 0.331. The Morgan fingerprint density at radius 2 is 1.46 bits per heavy atom. The van der Waals surface area contributed by atoms with Crippen LogP contribution in [0.1, 0.15) is 46.4 Å². The molecule has 1 amide bonds. The van der Waals surface area contributed by atoms with Crippen molar-refractivity contribution in [1.29, 1.82) is 0 Å². The van der Waals surface area contributed by atoms with E-state index >= 15 is 0 Å². The van der Waals surface area contributed by atoms with Crippen molar-refractivity contribution < 1.29 is 52.6 Å². The van der Waals surface area contributed by atoms with Crippen molar-refractivity contribution in [2.45, 2.75) is 65.3 Å². The third-order valence-electron chi connectivity index (χ3n) is 5.57. The van der Waals surface area contributed by atoms with Crippen LogP contribution in [0.2, 0.25) is 0 Å². The van der Waals surface area contributed by atoms with Gasteiger partial charge < -0.3 is 33.5 Å². The van der Waals surface area contributed by atoms with E-state index in [1.165, 1.54) is 11.8 Å². The van der Waals surface area contributed by atoms with Gasteiger partial charge in [0.15, 0.2) is 24.5 Å². The van der Waals surface area contributed by atoms with Crippen LogP contribution in [0.3, 0.4) is 0 Å². The van der Waals surface area contributed by atoms with Crippen LogP contribution in [-0.2, 0) is 47.7 Å². The summed E-state index contributed by atoms with van der Waals surface area (Å²) in [5.41, 5.74) is 1.71. The van der Waals surface area contributed by atoms with Crippen LogP contribution in [0.4, 0.5) is 5.69 Å². The SMILES string of the molecule is CC(=O)OC[C@@H](OC(C)=O)[C@@H](OC(C)=O)[C@H](OC(C)=O)[C@@H]1CN(C(C)=O)[C@H](c2ccc([NH+](C)C)cc2)O1. The Labute approximate surface area is 215 Å². The van der Waals surface area contributed by atoms with Crippen molar-refractivity contribution in [3.05, 3.63) is 29.8 Å². The Balaban J connectivity index is 2.47. The van der Waals surface area contributed by atoms with Crippen LogP contribution in [0, 0.1) is 0 Å². The lowest BCUT2D eigenvalue weighted by Crippen LogP contribution is -3.00. The van der Waals surface area contributed by atoms with Crippen LogP contribution in [0.25, 0.3) is 0 Å². The summed E-state index contributed by atoms with van der Waals surface area (Å²) in [6, 6.07) is 7.47. The fourth-order valence-corrected chi connectivity index (χ4v) is 3.99. The van der Waals surface area contributed by atoms with E-state index in [0.717, 1.165) is 38.3 Å². The highest BCUT2D eigenvalue weighted by molar-refractivity contribution is 5.74. The zero-order valence-corrected chi connectivity index (χ0v) is 22.1. The first-order valence-electron chi connectivity index (χ1n) is 11.8. The highest BCUT2D eigenvalue weighted by Crippen LogP contribution is 2.34. The summed E-state index contributed by atoms with van der Waals surface area (Å²) in [7, 11) is 3.96. The molecule has 1 aliphatic heterocycles. The average molecular weight is 524 g/mol. The molecule has 37 heavy (non-hydrogen) atoms. The number of amides is 1. The monoisotopic (exact) mass is 523 g/mol. The molecule has 0 radical (unpaired) electrons. The van der Waals surface area contributed by atoms with Gasteiger partial charge in [-0.3, -0.25) is 24.0 Å². The first kappa shape index (κ1) is 29.7. The topological polar surface area (TPSA) is 139 Å². The fraction of sp³-hybridized carbons (Fsp3) is 0.560. The summed E-state index contributed by atoms with van der Waals surface area (Å²) in [4.78, 5) is 62.4. The molecule has 1 N–H and O–H groups in total. The molecule has 2 rings (SSSR count). The van der Waals surface area contributed by atoms with Crippen LogP contribution < -0.4 is 4.90 Å². The third kappa shape index (κ3) is 8.53. The predicted octanol–water partition coefficient (Wildman–Crippen LogP) is 0.0667. The van der Waals surface area contributed by atoms with Crippen molar-refractivity contribution in [3.8, 4) is 0 Å². The Bertz CT molecular complexity index is 994. The maximum atomic E-state index is 12.5. The van der Waals surface area contributed by atoms with Gasteiger partial charge in [0.1, 0.15) is 18.4 Å². The van der Waals surface area contributed by atoms with Gasteiger partial charge in [0, 0.05) is 40.2 Å². The number of nitrogens with zero attached hydrogens (tertiary/aromatic N) is 1. The van der Waals surface area contributed by atoms with Crippen molar-refractivity contribution in [2.75, 3.05) is 27.2 Å². The Hall–Kier alpha value is -3.51. The highest BCUT2D eigenvalue weighted by atomic mass is 16.6. The maximum Gasteiger partial charge on any atom is 0.303 e. The number of hydrogen-bond acceptors (Lipinski definition) is 10. The first-order valence-corrected chi connectivity index (χ1v) is 11.8. The second-order valence-electron chi connectivity index (χ2n) is 8.92. The molecule has 1 aromatic rings. The van der Waals surface area contributed by atoms with E-state index in [4.69, 9.17) is 23.7 Å². The molecule has 0 unspecified atom stereocenters. The molecule has 1 fully saturated rings. The summed E-state index contributed by atoms with van der Waals surface area (Å²) in [6.07, 6.45) is -5.81. The van der Waals surface area contributed by atoms with Crippen LogP contribution in [0.5, 0.6) is 0 Å². The lowest BCUT2D eigenvalue weighted by Gasteiger charge is -2.34. The number of ether oxygens (including phenoxy) is 5. The van der Waals surface area contributed by atoms with E-state index in [9.17, 15) is 24.0 Å². The lowest BCUT2D eigenvalue weighted by molar-refractivity contribution is -0.786. The number of esters is 4. The number of nitrogens with one attached hydrogen (secondary N) is 1. The van der Waals surface area contributed by atoms with E-state index < -0.39 is 61.1 Å². The zero-order valence-electron chi connectivity index (χ0n) is 22.1. The standard InChI is InChI=1S/C25H34N2O10/c1-14(28)27-12-21(37-25(27)19-8-10-20(11-9-19)26(6)7)23(35-17(4)31)24(36-18(5)32)22(34-16(3)30)13-33-15(2)29/h8-11,21-25H,12-13H2,1-7H3/p+1/t21-,22+,23+,24+,25-/m0/s1. The van der Waals surface area contributed by atoms with Crippen molar-refractivity contribution in [1.82, 2.24) is 4.90 Å². The fourth-order valence-electron chi connectivity index (χ4n) is 3.99. The number of carbonyl (C=O) groups is 5. The Morgan fingerprint density at radius 1 is 0.892 bits per heavy atom. The van der Waals surface area contributed by atoms with Gasteiger partial charge in [0.25, 0.3) is 0 Å². The van der Waals surface area contributed by atoms with Crippen LogP contribution in [0.15, 0.2) is 24.3 Å². The van der Waals surface area contributed by atoms with Gasteiger partial charge in [0.05, 0.1) is 20.6 Å². The molecule has 0 spiro atoms. The van der Waals surface area contributed by atoms with Gasteiger partial charge in [-0.05, 0) is 24.3 Å². The Morgan fingerprint density at radius 3 is 1.92 bits per heavy atom. The molecule has 1 aliphatic rings. The van der Waals surface area contributed by atoms with Gasteiger partial charge in [0.2, 0.25) is 5.91 Å². The zero-order chi connectivity index (χ0) is 27.9. The van der Waals surface area contributed by atoms with Gasteiger partial charge in [-0.1, -0.05) is 0 Å². The van der Waals surface area contributed by atoms with Gasteiger partial charge in [-0.25, -0.2) is 0 Å². The van der Waals surface area contributed by atoms with Crippen molar-refractivity contribution in [3.63, 3.8) is 0 Å². The van der Waals surface area contributed by atoms with E-state index in [1.807, 2.05) is 38.4 Å². The predicted molar refractivity (Wildman–Crippen MR) is 127 cm³/mol. The maximum absolute atomic E-state index is 12.5. The lowest BCUT2D eigenvalue weighted by atomic mass is 10.0. The summed E-state index contributed by atoms with van der Waals surface area (Å²) in [6.45, 7) is 5.47. The largest absolute Gasteiger partial charge is 0.462 e. The number of benzene rings is 1. The molecule has 1 heterocycles. The van der Waals surface area contributed by atoms with E-state index in [2.05, 4.69) is 0 Å². The van der Waals surface area contributed by atoms with Crippen LogP contribution in [-0.4, -0.2) is 86.3 Å². The average Bonchev–Trinajstić information content (AvgIpc) is 3.24. The molecule has 0 bridgehead atoms. The molecule has 0 aliphatic carbocycles. The molecule has 0 aromatic heterocycles. The molecule has 204 valence electrons. The second kappa shape index (κ2) is 13.2. The number of carbonyl (C=O) groups excluding carboxylic acids is 5. The summed E-state index contributed by atoms with van der Waals surface area (Å²) < 4.78 is 27.4. The number of rotatable bonds is 10. The van der Waals surface area contributed by atoms with E-state index in [1.54, 1.807) is 0 Å². The molecular weight excluding hydrogens is 488 g/mol. The third-order valence-corrected chi connectivity index (χ3v) is 5.57. The minimum absolute atomic E-state index is 0.0171. The summed E-state index contributed by atoms with van der Waals surface area (Å²) >= 11 is 0. The summed E-state index contributed by atoms with van der Waals surface area (Å²) in [5.74, 6) is -3.19. The minimum Gasteiger partial charge on any atom is -0.462 e. The molecule has 5 atom stereocenters. The molecule has 12 nitrogen and oxygen atoms in total. The number of hydrogen-bond donors (Lipinski definition) is 1.